The van der Waals surface area contributed by atoms with E-state index < -0.39 is 0 Å². The van der Waals surface area contributed by atoms with Crippen LogP contribution in [0.4, 0.5) is 0 Å². The van der Waals surface area contributed by atoms with Crippen molar-refractivity contribution in [2.24, 2.45) is 0 Å². The van der Waals surface area contributed by atoms with Gasteiger partial charge in [0.1, 0.15) is 0 Å². The van der Waals surface area contributed by atoms with Gasteiger partial charge in [-0.15, -0.1) is 0 Å². The van der Waals surface area contributed by atoms with Crippen LogP contribution < -0.4 is 10.6 Å². The molecule has 3 heteroatoms. The molecule has 3 rings (SSSR count). The van der Waals surface area contributed by atoms with Crippen molar-refractivity contribution < 1.29 is 0 Å². The Hall–Kier alpha value is -0.900. The highest BCUT2D eigenvalue weighted by atomic mass is 79.9. The first-order valence-corrected chi connectivity index (χ1v) is 7.73. The molecule has 0 atom stereocenters. The topological polar surface area (TPSA) is 24.1 Å². The molecule has 0 radical (unpaired) electrons. The Balaban J connectivity index is 1.53. The summed E-state index contributed by atoms with van der Waals surface area (Å²) in [5.41, 5.74) is 1.35. The quantitative estimate of drug-likeness (QED) is 0.797. The molecule has 2 nitrogen and oxygen atoms in total. The number of hydrogen-bond acceptors (Lipinski definition) is 2. The molecule has 0 aromatic heterocycles. The summed E-state index contributed by atoms with van der Waals surface area (Å²) in [4.78, 5) is 0. The zero-order chi connectivity index (χ0) is 13.1. The predicted molar refractivity (Wildman–Crippen MR) is 84.4 cm³/mol. The molecule has 1 aliphatic carbocycles. The molecule has 0 amide bonds. The van der Waals surface area contributed by atoms with Gasteiger partial charge in [0.05, 0.1) is 0 Å². The first kappa shape index (κ1) is 13.1. The third kappa shape index (κ3) is 3.78. The number of halogens is 1. The third-order valence-corrected chi connectivity index (χ3v) is 4.00. The molecule has 1 fully saturated rings. The minimum atomic E-state index is 0.806. The van der Waals surface area contributed by atoms with Crippen molar-refractivity contribution in [2.45, 2.75) is 25.4 Å². The first-order valence-electron chi connectivity index (χ1n) is 6.93. The van der Waals surface area contributed by atoms with Crippen LogP contribution in [0.15, 0.2) is 40.9 Å². The summed E-state index contributed by atoms with van der Waals surface area (Å²) in [5, 5.41) is 9.59. The van der Waals surface area contributed by atoms with E-state index in [1.807, 2.05) is 0 Å². The van der Waals surface area contributed by atoms with E-state index in [0.29, 0.717) is 0 Å². The predicted octanol–water partition coefficient (Wildman–Crippen LogP) is 3.44. The molecular formula is C16H19BrN2. The van der Waals surface area contributed by atoms with Crippen LogP contribution in [-0.2, 0) is 6.54 Å². The first-order chi connectivity index (χ1) is 9.31. The Morgan fingerprint density at radius 3 is 2.63 bits per heavy atom. The summed E-state index contributed by atoms with van der Waals surface area (Å²) in [6, 6.07) is 13.9. The van der Waals surface area contributed by atoms with Gasteiger partial charge in [-0.1, -0.05) is 34.1 Å². The molecule has 1 aliphatic rings. The van der Waals surface area contributed by atoms with Crippen LogP contribution in [0, 0.1) is 0 Å². The monoisotopic (exact) mass is 318 g/mol. The van der Waals surface area contributed by atoms with E-state index in [-0.39, 0.29) is 0 Å². The number of rotatable bonds is 6. The summed E-state index contributed by atoms with van der Waals surface area (Å²) in [6.45, 7) is 3.05. The highest BCUT2D eigenvalue weighted by Crippen LogP contribution is 2.21. The average molecular weight is 319 g/mol. The van der Waals surface area contributed by atoms with E-state index >= 15 is 0 Å². The highest BCUT2D eigenvalue weighted by molar-refractivity contribution is 9.10. The standard InChI is InChI=1S/C16H19BrN2/c17-15-4-3-13-9-12(1-2-14(13)10-15)11-18-7-8-19-16-5-6-16/h1-4,9-10,16,18-19H,5-8,11H2. The molecule has 0 bridgehead atoms. The molecule has 19 heavy (non-hydrogen) atoms. The van der Waals surface area contributed by atoms with Crippen LogP contribution in [0.1, 0.15) is 18.4 Å². The Kier molecular flexibility index (Phi) is 4.16. The van der Waals surface area contributed by atoms with Crippen molar-refractivity contribution in [3.63, 3.8) is 0 Å². The van der Waals surface area contributed by atoms with Gasteiger partial charge in [0, 0.05) is 30.1 Å². The lowest BCUT2D eigenvalue weighted by Crippen LogP contribution is -2.28. The molecule has 1 saturated carbocycles. The second-order valence-electron chi connectivity index (χ2n) is 5.23. The third-order valence-electron chi connectivity index (χ3n) is 3.51. The van der Waals surface area contributed by atoms with Crippen molar-refractivity contribution in [3.8, 4) is 0 Å². The van der Waals surface area contributed by atoms with E-state index in [2.05, 4.69) is 63.0 Å². The van der Waals surface area contributed by atoms with Gasteiger partial charge < -0.3 is 10.6 Å². The zero-order valence-electron chi connectivity index (χ0n) is 11.0. The summed E-state index contributed by atoms with van der Waals surface area (Å²) >= 11 is 3.51. The van der Waals surface area contributed by atoms with E-state index in [9.17, 15) is 0 Å². The summed E-state index contributed by atoms with van der Waals surface area (Å²) in [5.74, 6) is 0. The SMILES string of the molecule is Brc1ccc2cc(CNCCNC3CC3)ccc2c1. The van der Waals surface area contributed by atoms with Crippen molar-refractivity contribution >= 4 is 26.7 Å². The lowest BCUT2D eigenvalue weighted by atomic mass is 10.1. The van der Waals surface area contributed by atoms with Crippen LogP contribution in [-0.4, -0.2) is 19.1 Å². The van der Waals surface area contributed by atoms with Gasteiger partial charge in [-0.3, -0.25) is 0 Å². The van der Waals surface area contributed by atoms with Crippen LogP contribution in [0.5, 0.6) is 0 Å². The van der Waals surface area contributed by atoms with Gasteiger partial charge in [0.25, 0.3) is 0 Å². The average Bonchev–Trinajstić information content (AvgIpc) is 3.22. The summed E-state index contributed by atoms with van der Waals surface area (Å²) in [6.07, 6.45) is 2.72. The van der Waals surface area contributed by atoms with Gasteiger partial charge in [-0.05, 0) is 47.4 Å². The van der Waals surface area contributed by atoms with Crippen molar-refractivity contribution in [2.75, 3.05) is 13.1 Å². The van der Waals surface area contributed by atoms with Crippen LogP contribution >= 0.6 is 15.9 Å². The van der Waals surface area contributed by atoms with Gasteiger partial charge >= 0.3 is 0 Å². The number of nitrogens with one attached hydrogen (secondary N) is 2. The van der Waals surface area contributed by atoms with Crippen LogP contribution in [0.2, 0.25) is 0 Å². The molecule has 0 heterocycles. The van der Waals surface area contributed by atoms with Gasteiger partial charge in [-0.2, -0.15) is 0 Å². The Morgan fingerprint density at radius 2 is 1.79 bits per heavy atom. The minimum absolute atomic E-state index is 0.806. The van der Waals surface area contributed by atoms with Crippen molar-refractivity contribution in [1.29, 1.82) is 0 Å². The normalized spacial score (nSPS) is 15.0. The second kappa shape index (κ2) is 6.04. The molecule has 100 valence electrons. The van der Waals surface area contributed by atoms with Gasteiger partial charge in [0.15, 0.2) is 0 Å². The second-order valence-corrected chi connectivity index (χ2v) is 6.15. The van der Waals surface area contributed by atoms with E-state index in [1.165, 1.54) is 29.2 Å². The molecule has 0 aliphatic heterocycles. The molecule has 2 aromatic rings. The summed E-state index contributed by atoms with van der Waals surface area (Å²) in [7, 11) is 0. The largest absolute Gasteiger partial charge is 0.313 e. The van der Waals surface area contributed by atoms with Gasteiger partial charge in [0.2, 0.25) is 0 Å². The Bertz CT molecular complexity index is 564. The molecule has 0 saturated heterocycles. The molecule has 2 aromatic carbocycles. The van der Waals surface area contributed by atoms with Crippen LogP contribution in [0.3, 0.4) is 0 Å². The molecular weight excluding hydrogens is 300 g/mol. The molecule has 0 spiro atoms. The number of hydrogen-bond donors (Lipinski definition) is 2. The fourth-order valence-electron chi connectivity index (χ4n) is 2.26. The minimum Gasteiger partial charge on any atom is -0.313 e. The number of benzene rings is 2. The maximum Gasteiger partial charge on any atom is 0.0206 e. The maximum absolute atomic E-state index is 3.51. The molecule has 0 unspecified atom stereocenters. The smallest absolute Gasteiger partial charge is 0.0206 e. The van der Waals surface area contributed by atoms with E-state index in [0.717, 1.165) is 30.1 Å². The van der Waals surface area contributed by atoms with Crippen molar-refractivity contribution in [1.82, 2.24) is 10.6 Å². The Labute approximate surface area is 122 Å². The lowest BCUT2D eigenvalue weighted by Gasteiger charge is -2.07. The van der Waals surface area contributed by atoms with E-state index in [1.54, 1.807) is 0 Å². The maximum atomic E-state index is 3.51. The number of fused-ring (bicyclic) bond motifs is 1. The Morgan fingerprint density at radius 1 is 1.00 bits per heavy atom. The van der Waals surface area contributed by atoms with Gasteiger partial charge in [-0.25, -0.2) is 0 Å². The fourth-order valence-corrected chi connectivity index (χ4v) is 2.64. The molecule has 2 N–H and O–H groups in total. The lowest BCUT2D eigenvalue weighted by molar-refractivity contribution is 0.609. The summed E-state index contributed by atoms with van der Waals surface area (Å²) < 4.78 is 1.14. The van der Waals surface area contributed by atoms with Crippen molar-refractivity contribution in [3.05, 3.63) is 46.4 Å². The van der Waals surface area contributed by atoms with Crippen LogP contribution in [0.25, 0.3) is 10.8 Å². The zero-order valence-corrected chi connectivity index (χ0v) is 12.5. The fraction of sp³-hybridized carbons (Fsp3) is 0.375. The highest BCUT2D eigenvalue weighted by Gasteiger charge is 2.19. The van der Waals surface area contributed by atoms with E-state index in [4.69, 9.17) is 0 Å².